The van der Waals surface area contributed by atoms with Crippen LogP contribution in [-0.2, 0) is 19.6 Å². The number of hydrogen-bond acceptors (Lipinski definition) is 5. The molecule has 5 N–H and O–H groups in total. The van der Waals surface area contributed by atoms with Crippen LogP contribution < -0.4 is 16.2 Å². The number of rotatable bonds is 7. The van der Waals surface area contributed by atoms with Gasteiger partial charge in [0, 0.05) is 6.54 Å². The van der Waals surface area contributed by atoms with Crippen molar-refractivity contribution in [2.45, 2.75) is 4.90 Å². The molecule has 0 fully saturated rings. The summed E-state index contributed by atoms with van der Waals surface area (Å²) in [6, 6.07) is 3.04. The van der Waals surface area contributed by atoms with E-state index < -0.39 is 21.7 Å². The Morgan fingerprint density at radius 1 is 1.42 bits per heavy atom. The topological polar surface area (TPSA) is 125 Å². The SMILES string of the molecule is NC(=O)COCCNS(=O)(=O)c1cc(F)ccc1N. The molecule has 7 nitrogen and oxygen atoms in total. The van der Waals surface area contributed by atoms with E-state index in [1.807, 2.05) is 0 Å². The van der Waals surface area contributed by atoms with Crippen LogP contribution in [0.3, 0.4) is 0 Å². The fourth-order valence-electron chi connectivity index (χ4n) is 1.24. The van der Waals surface area contributed by atoms with Crippen LogP contribution in [0, 0.1) is 5.82 Å². The molecule has 0 aliphatic heterocycles. The molecule has 106 valence electrons. The third-order valence-corrected chi connectivity index (χ3v) is 3.56. The van der Waals surface area contributed by atoms with Gasteiger partial charge in [0.25, 0.3) is 0 Å². The summed E-state index contributed by atoms with van der Waals surface area (Å²) in [4.78, 5) is 10.0. The van der Waals surface area contributed by atoms with Crippen molar-refractivity contribution < 1.29 is 22.3 Å². The zero-order chi connectivity index (χ0) is 14.5. The first-order valence-corrected chi connectivity index (χ1v) is 6.72. The molecule has 1 aromatic rings. The molecule has 0 heterocycles. The summed E-state index contributed by atoms with van der Waals surface area (Å²) < 4.78 is 43.5. The number of nitrogens with two attached hydrogens (primary N) is 2. The average Bonchev–Trinajstić information content (AvgIpc) is 2.31. The predicted molar refractivity (Wildman–Crippen MR) is 66.0 cm³/mol. The lowest BCUT2D eigenvalue weighted by Crippen LogP contribution is -2.29. The highest BCUT2D eigenvalue weighted by atomic mass is 32.2. The number of benzene rings is 1. The van der Waals surface area contributed by atoms with Crippen LogP contribution in [0.2, 0.25) is 0 Å². The number of hydrogen-bond donors (Lipinski definition) is 3. The summed E-state index contributed by atoms with van der Waals surface area (Å²) in [5.41, 5.74) is 10.2. The normalized spacial score (nSPS) is 11.4. The van der Waals surface area contributed by atoms with Gasteiger partial charge in [0.15, 0.2) is 0 Å². The van der Waals surface area contributed by atoms with Gasteiger partial charge in [-0.25, -0.2) is 17.5 Å². The highest BCUT2D eigenvalue weighted by molar-refractivity contribution is 7.89. The quantitative estimate of drug-likeness (QED) is 0.447. The van der Waals surface area contributed by atoms with Gasteiger partial charge in [0.1, 0.15) is 17.3 Å². The van der Waals surface area contributed by atoms with Crippen molar-refractivity contribution in [2.75, 3.05) is 25.5 Å². The average molecular weight is 291 g/mol. The van der Waals surface area contributed by atoms with E-state index >= 15 is 0 Å². The van der Waals surface area contributed by atoms with Gasteiger partial charge in [-0.1, -0.05) is 0 Å². The molecule has 0 bridgehead atoms. The molecule has 9 heteroatoms. The third kappa shape index (κ3) is 4.81. The Kier molecular flexibility index (Phi) is 5.21. The number of nitrogens with one attached hydrogen (secondary N) is 1. The van der Waals surface area contributed by atoms with Gasteiger partial charge < -0.3 is 16.2 Å². The van der Waals surface area contributed by atoms with Gasteiger partial charge >= 0.3 is 0 Å². The molecule has 1 rings (SSSR count). The standard InChI is InChI=1S/C10H14FN3O4S/c11-7-1-2-8(12)9(5-7)19(16,17)14-3-4-18-6-10(13)15/h1-2,5,14H,3-4,6,12H2,(H2,13,15). The zero-order valence-electron chi connectivity index (χ0n) is 9.93. The summed E-state index contributed by atoms with van der Waals surface area (Å²) in [5, 5.41) is 0. The summed E-state index contributed by atoms with van der Waals surface area (Å²) in [6.07, 6.45) is 0. The number of carbonyl (C=O) groups is 1. The molecular formula is C10H14FN3O4S. The highest BCUT2D eigenvalue weighted by Gasteiger charge is 2.17. The molecule has 0 spiro atoms. The molecule has 0 saturated heterocycles. The number of halogens is 1. The lowest BCUT2D eigenvalue weighted by molar-refractivity contribution is -0.122. The summed E-state index contributed by atoms with van der Waals surface area (Å²) in [6.45, 7) is -0.438. The lowest BCUT2D eigenvalue weighted by Gasteiger charge is -2.09. The zero-order valence-corrected chi connectivity index (χ0v) is 10.7. The van der Waals surface area contributed by atoms with Gasteiger partial charge in [0.2, 0.25) is 15.9 Å². The molecule has 0 aliphatic carbocycles. The number of nitrogen functional groups attached to an aromatic ring is 1. The maximum absolute atomic E-state index is 13.0. The van der Waals surface area contributed by atoms with Crippen LogP contribution in [0.5, 0.6) is 0 Å². The van der Waals surface area contributed by atoms with Crippen molar-refractivity contribution in [3.05, 3.63) is 24.0 Å². The van der Waals surface area contributed by atoms with E-state index in [0.717, 1.165) is 18.2 Å². The molecule has 0 aromatic heterocycles. The number of ether oxygens (including phenoxy) is 1. The minimum Gasteiger partial charge on any atom is -0.398 e. The summed E-state index contributed by atoms with van der Waals surface area (Å²) >= 11 is 0. The number of amides is 1. The third-order valence-electron chi connectivity index (χ3n) is 2.05. The number of sulfonamides is 1. The molecular weight excluding hydrogens is 277 g/mol. The Morgan fingerprint density at radius 2 is 2.11 bits per heavy atom. The van der Waals surface area contributed by atoms with Crippen molar-refractivity contribution in [3.8, 4) is 0 Å². The second kappa shape index (κ2) is 6.45. The molecule has 1 amide bonds. The van der Waals surface area contributed by atoms with Gasteiger partial charge in [-0.15, -0.1) is 0 Å². The smallest absolute Gasteiger partial charge is 0.243 e. The van der Waals surface area contributed by atoms with Crippen molar-refractivity contribution in [1.29, 1.82) is 0 Å². The molecule has 0 aliphatic rings. The number of primary amides is 1. The van der Waals surface area contributed by atoms with E-state index in [0.29, 0.717) is 0 Å². The maximum atomic E-state index is 13.0. The fraction of sp³-hybridized carbons (Fsp3) is 0.300. The van der Waals surface area contributed by atoms with Crippen molar-refractivity contribution in [1.82, 2.24) is 4.72 Å². The van der Waals surface area contributed by atoms with E-state index in [2.05, 4.69) is 4.72 Å². The van der Waals surface area contributed by atoms with Gasteiger partial charge in [-0.05, 0) is 18.2 Å². The van der Waals surface area contributed by atoms with Crippen molar-refractivity contribution in [2.24, 2.45) is 5.73 Å². The molecule has 0 unspecified atom stereocenters. The van der Waals surface area contributed by atoms with Crippen LogP contribution in [0.15, 0.2) is 23.1 Å². The molecule has 1 aromatic carbocycles. The predicted octanol–water partition coefficient (Wildman–Crippen LogP) is -0.812. The first-order chi connectivity index (χ1) is 8.83. The molecule has 0 radical (unpaired) electrons. The van der Waals surface area contributed by atoms with E-state index in [-0.39, 0.29) is 30.3 Å². The van der Waals surface area contributed by atoms with Crippen LogP contribution in [0.1, 0.15) is 0 Å². The highest BCUT2D eigenvalue weighted by Crippen LogP contribution is 2.18. The fourth-order valence-corrected chi connectivity index (χ4v) is 2.39. The Labute approximate surface area is 109 Å². The van der Waals surface area contributed by atoms with Crippen LogP contribution in [-0.4, -0.2) is 34.1 Å². The van der Waals surface area contributed by atoms with Crippen LogP contribution in [0.25, 0.3) is 0 Å². The van der Waals surface area contributed by atoms with E-state index in [1.165, 1.54) is 0 Å². The van der Waals surface area contributed by atoms with Crippen LogP contribution in [0.4, 0.5) is 10.1 Å². The second-order valence-corrected chi connectivity index (χ2v) is 5.33. The van der Waals surface area contributed by atoms with E-state index in [1.54, 1.807) is 0 Å². The summed E-state index contributed by atoms with van der Waals surface area (Å²) in [7, 11) is -3.93. The lowest BCUT2D eigenvalue weighted by atomic mass is 10.3. The first kappa shape index (κ1) is 15.3. The van der Waals surface area contributed by atoms with E-state index in [9.17, 15) is 17.6 Å². The van der Waals surface area contributed by atoms with Gasteiger partial charge in [0.05, 0.1) is 12.3 Å². The minimum absolute atomic E-state index is 0.0443. The Balaban J connectivity index is 2.61. The maximum Gasteiger partial charge on any atom is 0.243 e. The van der Waals surface area contributed by atoms with Crippen molar-refractivity contribution in [3.63, 3.8) is 0 Å². The molecule has 0 saturated carbocycles. The second-order valence-electron chi connectivity index (χ2n) is 3.60. The first-order valence-electron chi connectivity index (χ1n) is 5.23. The monoisotopic (exact) mass is 291 g/mol. The Hall–Kier alpha value is -1.71. The van der Waals surface area contributed by atoms with Gasteiger partial charge in [-0.3, -0.25) is 4.79 Å². The van der Waals surface area contributed by atoms with E-state index in [4.69, 9.17) is 16.2 Å². The van der Waals surface area contributed by atoms with Crippen LogP contribution >= 0.6 is 0 Å². The number of carbonyl (C=O) groups excluding carboxylic acids is 1. The largest absolute Gasteiger partial charge is 0.398 e. The Morgan fingerprint density at radius 3 is 2.74 bits per heavy atom. The summed E-state index contributed by atoms with van der Waals surface area (Å²) in [5.74, 6) is -1.36. The Bertz CT molecular complexity index is 562. The number of anilines is 1. The molecule has 0 atom stereocenters. The molecule has 19 heavy (non-hydrogen) atoms. The minimum atomic E-state index is -3.93. The van der Waals surface area contributed by atoms with Crippen molar-refractivity contribution >= 4 is 21.6 Å². The van der Waals surface area contributed by atoms with Gasteiger partial charge in [-0.2, -0.15) is 0 Å².